The number of ether oxygens (including phenoxy) is 2. The summed E-state index contributed by atoms with van der Waals surface area (Å²) in [5.74, 6) is 1.70. The van der Waals surface area contributed by atoms with Crippen LogP contribution in [0.25, 0.3) is 11.0 Å². The van der Waals surface area contributed by atoms with Gasteiger partial charge in [0.1, 0.15) is 5.82 Å². The van der Waals surface area contributed by atoms with Crippen molar-refractivity contribution in [2.75, 3.05) is 33.4 Å². The number of methoxy groups -OCH3 is 1. The normalized spacial score (nSPS) is 15.8. The number of piperidine rings is 1. The van der Waals surface area contributed by atoms with Gasteiger partial charge in [0.15, 0.2) is 17.1 Å². The molecule has 0 spiro atoms. The number of para-hydroxylation sites is 1. The first kappa shape index (κ1) is 23.4. The van der Waals surface area contributed by atoms with Gasteiger partial charge in [-0.3, -0.25) is 0 Å². The Bertz CT molecular complexity index is 1240. The molecular formula is C29H30FN2O3. The van der Waals surface area contributed by atoms with Gasteiger partial charge in [-0.15, -0.1) is 0 Å². The van der Waals surface area contributed by atoms with Crippen molar-refractivity contribution in [3.8, 4) is 11.5 Å². The van der Waals surface area contributed by atoms with Gasteiger partial charge in [-0.2, -0.15) is 0 Å². The third-order valence-corrected chi connectivity index (χ3v) is 6.79. The summed E-state index contributed by atoms with van der Waals surface area (Å²) in [6.45, 7) is 3.49. The number of hydrogen-bond acceptors (Lipinski definition) is 5. The highest BCUT2D eigenvalue weighted by Crippen LogP contribution is 2.33. The quantitative estimate of drug-likeness (QED) is 0.303. The molecule has 0 aliphatic carbocycles. The SMILES string of the molecule is COc1ccc[c]c1OCC(Cc1ccccc1)CN1CCC(c2noc3cc(F)ccc23)CC1. The maximum absolute atomic E-state index is 13.5. The highest BCUT2D eigenvalue weighted by molar-refractivity contribution is 5.79. The van der Waals surface area contributed by atoms with Crippen LogP contribution in [0.4, 0.5) is 4.39 Å². The van der Waals surface area contributed by atoms with E-state index >= 15 is 0 Å². The van der Waals surface area contributed by atoms with Gasteiger partial charge in [-0.25, -0.2) is 4.39 Å². The maximum Gasteiger partial charge on any atom is 0.170 e. The summed E-state index contributed by atoms with van der Waals surface area (Å²) in [6, 6.07) is 24.0. The van der Waals surface area contributed by atoms with Gasteiger partial charge in [-0.05, 0) is 56.1 Å². The van der Waals surface area contributed by atoms with Crippen LogP contribution in [0, 0.1) is 17.8 Å². The van der Waals surface area contributed by atoms with Crippen molar-refractivity contribution < 1.29 is 18.4 Å². The molecule has 0 saturated carbocycles. The Labute approximate surface area is 205 Å². The molecule has 2 heterocycles. The predicted octanol–water partition coefficient (Wildman–Crippen LogP) is 5.89. The summed E-state index contributed by atoms with van der Waals surface area (Å²) in [6.07, 6.45) is 2.94. The fraction of sp³-hybridized carbons (Fsp3) is 0.345. The molecule has 1 fully saturated rings. The van der Waals surface area contributed by atoms with E-state index in [9.17, 15) is 4.39 Å². The van der Waals surface area contributed by atoms with E-state index in [1.54, 1.807) is 13.2 Å². The van der Waals surface area contributed by atoms with Crippen molar-refractivity contribution in [3.05, 3.63) is 89.9 Å². The van der Waals surface area contributed by atoms with Crippen LogP contribution in [0.3, 0.4) is 0 Å². The van der Waals surface area contributed by atoms with E-state index in [0.717, 1.165) is 50.0 Å². The molecule has 4 aromatic rings. The molecule has 1 aliphatic heterocycles. The van der Waals surface area contributed by atoms with Gasteiger partial charge in [0, 0.05) is 35.9 Å². The first-order valence-corrected chi connectivity index (χ1v) is 12.2. The topological polar surface area (TPSA) is 47.7 Å². The molecule has 1 radical (unpaired) electrons. The molecule has 5 rings (SSSR count). The lowest BCUT2D eigenvalue weighted by Crippen LogP contribution is -2.38. The Morgan fingerprint density at radius 1 is 1.11 bits per heavy atom. The van der Waals surface area contributed by atoms with E-state index in [0.29, 0.717) is 35.5 Å². The summed E-state index contributed by atoms with van der Waals surface area (Å²) >= 11 is 0. The molecule has 5 nitrogen and oxygen atoms in total. The monoisotopic (exact) mass is 473 g/mol. The minimum absolute atomic E-state index is 0.299. The Kier molecular flexibility index (Phi) is 7.28. The van der Waals surface area contributed by atoms with E-state index in [1.807, 2.05) is 24.3 Å². The molecule has 0 amide bonds. The number of fused-ring (bicyclic) bond motifs is 1. The Balaban J connectivity index is 1.23. The smallest absolute Gasteiger partial charge is 0.170 e. The van der Waals surface area contributed by atoms with Crippen LogP contribution < -0.4 is 9.47 Å². The highest BCUT2D eigenvalue weighted by atomic mass is 19.1. The molecule has 1 saturated heterocycles. The minimum Gasteiger partial charge on any atom is -0.493 e. The minimum atomic E-state index is -0.299. The van der Waals surface area contributed by atoms with Gasteiger partial charge in [0.05, 0.1) is 19.4 Å². The summed E-state index contributed by atoms with van der Waals surface area (Å²) in [7, 11) is 1.65. The zero-order valence-electron chi connectivity index (χ0n) is 20.0. The molecule has 1 aliphatic rings. The molecule has 1 unspecified atom stereocenters. The fourth-order valence-corrected chi connectivity index (χ4v) is 4.98. The maximum atomic E-state index is 13.5. The van der Waals surface area contributed by atoms with E-state index in [2.05, 4.69) is 40.4 Å². The molecule has 6 heteroatoms. The van der Waals surface area contributed by atoms with Crippen LogP contribution in [0.2, 0.25) is 0 Å². The molecule has 3 aromatic carbocycles. The second-order valence-corrected chi connectivity index (χ2v) is 9.22. The third kappa shape index (κ3) is 5.65. The van der Waals surface area contributed by atoms with Gasteiger partial charge >= 0.3 is 0 Å². The standard InChI is InChI=1S/C29H30FN2O3/c1-33-26-9-5-6-10-27(26)34-20-22(17-21-7-3-2-4-8-21)19-32-15-13-23(14-16-32)29-25-12-11-24(30)18-28(25)35-31-29/h2-9,11-12,18,22-23H,13-17,19-20H2,1H3. The van der Waals surface area contributed by atoms with Crippen molar-refractivity contribution in [1.82, 2.24) is 10.1 Å². The number of rotatable bonds is 9. The lowest BCUT2D eigenvalue weighted by molar-refractivity contribution is 0.146. The summed E-state index contributed by atoms with van der Waals surface area (Å²) in [5.41, 5.74) is 2.78. The Morgan fingerprint density at radius 3 is 2.74 bits per heavy atom. The fourth-order valence-electron chi connectivity index (χ4n) is 4.98. The first-order chi connectivity index (χ1) is 17.2. The van der Waals surface area contributed by atoms with Crippen molar-refractivity contribution in [1.29, 1.82) is 0 Å². The number of aromatic nitrogens is 1. The van der Waals surface area contributed by atoms with Gasteiger partial charge in [0.25, 0.3) is 0 Å². The number of halogens is 1. The van der Waals surface area contributed by atoms with E-state index in [1.165, 1.54) is 17.7 Å². The van der Waals surface area contributed by atoms with Crippen LogP contribution >= 0.6 is 0 Å². The third-order valence-electron chi connectivity index (χ3n) is 6.79. The molecule has 0 bridgehead atoms. The number of benzene rings is 3. The number of hydrogen-bond donors (Lipinski definition) is 0. The molecule has 1 aromatic heterocycles. The molecule has 35 heavy (non-hydrogen) atoms. The van der Waals surface area contributed by atoms with Crippen LogP contribution in [0.15, 0.2) is 71.3 Å². The largest absolute Gasteiger partial charge is 0.493 e. The molecule has 1 atom stereocenters. The summed E-state index contributed by atoms with van der Waals surface area (Å²) in [4.78, 5) is 2.52. The van der Waals surface area contributed by atoms with Gasteiger partial charge < -0.3 is 18.9 Å². The zero-order valence-corrected chi connectivity index (χ0v) is 20.0. The average Bonchev–Trinajstić information content (AvgIpc) is 3.31. The van der Waals surface area contributed by atoms with Gasteiger partial charge in [-0.1, -0.05) is 47.6 Å². The van der Waals surface area contributed by atoms with Crippen molar-refractivity contribution in [2.24, 2.45) is 5.92 Å². The Hall–Kier alpha value is -3.38. The molecular weight excluding hydrogens is 443 g/mol. The summed E-state index contributed by atoms with van der Waals surface area (Å²) in [5, 5.41) is 5.21. The predicted molar refractivity (Wildman–Crippen MR) is 133 cm³/mol. The van der Waals surface area contributed by atoms with Crippen molar-refractivity contribution in [2.45, 2.75) is 25.2 Å². The lowest BCUT2D eigenvalue weighted by Gasteiger charge is -2.33. The highest BCUT2D eigenvalue weighted by Gasteiger charge is 2.27. The van der Waals surface area contributed by atoms with Gasteiger partial charge in [0.2, 0.25) is 0 Å². The van der Waals surface area contributed by atoms with Crippen LogP contribution in [-0.4, -0.2) is 43.4 Å². The van der Waals surface area contributed by atoms with Crippen molar-refractivity contribution in [3.63, 3.8) is 0 Å². The number of nitrogens with zero attached hydrogens (tertiary/aromatic N) is 2. The first-order valence-electron chi connectivity index (χ1n) is 12.2. The van der Waals surface area contributed by atoms with Crippen LogP contribution in [0.5, 0.6) is 11.5 Å². The van der Waals surface area contributed by atoms with E-state index in [-0.39, 0.29) is 5.82 Å². The molecule has 181 valence electrons. The average molecular weight is 474 g/mol. The second kappa shape index (κ2) is 10.9. The van der Waals surface area contributed by atoms with Crippen molar-refractivity contribution >= 4 is 11.0 Å². The van der Waals surface area contributed by atoms with E-state index in [4.69, 9.17) is 14.0 Å². The summed E-state index contributed by atoms with van der Waals surface area (Å²) < 4.78 is 30.5. The van der Waals surface area contributed by atoms with Crippen LogP contribution in [0.1, 0.15) is 30.0 Å². The number of likely N-dealkylation sites (tertiary alicyclic amines) is 1. The molecule has 0 N–H and O–H groups in total. The van der Waals surface area contributed by atoms with Crippen LogP contribution in [-0.2, 0) is 6.42 Å². The van der Waals surface area contributed by atoms with E-state index < -0.39 is 0 Å². The Morgan fingerprint density at radius 2 is 1.94 bits per heavy atom. The lowest BCUT2D eigenvalue weighted by atomic mass is 9.90. The second-order valence-electron chi connectivity index (χ2n) is 9.22. The zero-order chi connectivity index (χ0) is 24.0.